The van der Waals surface area contributed by atoms with Gasteiger partial charge in [0.1, 0.15) is 3.70 Å². The Labute approximate surface area is 153 Å². The van der Waals surface area contributed by atoms with Gasteiger partial charge in [0.25, 0.3) is 0 Å². The second kappa shape index (κ2) is 6.17. The van der Waals surface area contributed by atoms with Crippen LogP contribution in [0.15, 0.2) is 34.8 Å². The number of fused-ring (bicyclic) bond motifs is 1. The van der Waals surface area contributed by atoms with Crippen LogP contribution in [-0.4, -0.2) is 30.8 Å². The topological polar surface area (TPSA) is 87.7 Å². The summed E-state index contributed by atoms with van der Waals surface area (Å²) < 4.78 is 3.01. The number of rotatable bonds is 3. The van der Waals surface area contributed by atoms with E-state index in [9.17, 15) is 9.90 Å². The fourth-order valence-corrected chi connectivity index (χ4v) is 3.75. The molecule has 0 saturated carbocycles. The molecule has 6 nitrogen and oxygen atoms in total. The van der Waals surface area contributed by atoms with Crippen molar-refractivity contribution in [3.8, 4) is 11.3 Å². The van der Waals surface area contributed by atoms with Crippen molar-refractivity contribution in [1.82, 2.24) is 14.6 Å². The van der Waals surface area contributed by atoms with Gasteiger partial charge in [-0.3, -0.25) is 0 Å². The van der Waals surface area contributed by atoms with Crippen molar-refractivity contribution in [3.63, 3.8) is 0 Å². The molecule has 3 aromatic rings. The lowest BCUT2D eigenvalue weighted by atomic mass is 10.1. The number of aryl methyl sites for hydroxylation is 1. The van der Waals surface area contributed by atoms with E-state index in [1.54, 1.807) is 11.4 Å². The summed E-state index contributed by atoms with van der Waals surface area (Å²) in [7, 11) is 0. The molecule has 0 spiro atoms. The van der Waals surface area contributed by atoms with Crippen molar-refractivity contribution in [1.29, 1.82) is 0 Å². The molecule has 0 fully saturated rings. The van der Waals surface area contributed by atoms with Crippen molar-refractivity contribution in [3.05, 3.63) is 49.8 Å². The molecule has 0 saturated heterocycles. The number of hydrogen-bond acceptors (Lipinski definition) is 4. The average molecular weight is 488 g/mol. The van der Waals surface area contributed by atoms with Crippen LogP contribution in [-0.2, 0) is 4.79 Å². The molecule has 118 valence electrons. The van der Waals surface area contributed by atoms with Gasteiger partial charge in [0, 0.05) is 27.4 Å². The minimum absolute atomic E-state index is 0.259. The Morgan fingerprint density at radius 2 is 2.13 bits per heavy atom. The number of aliphatic hydroxyl groups excluding tert-OH is 1. The molecule has 2 aromatic heterocycles. The first-order valence-electron chi connectivity index (χ1n) is 6.61. The Morgan fingerprint density at radius 1 is 1.39 bits per heavy atom. The van der Waals surface area contributed by atoms with E-state index in [2.05, 4.69) is 26.0 Å². The maximum absolute atomic E-state index is 11.1. The van der Waals surface area contributed by atoms with E-state index in [0.29, 0.717) is 15.0 Å². The van der Waals surface area contributed by atoms with Gasteiger partial charge >= 0.3 is 5.97 Å². The van der Waals surface area contributed by atoms with Gasteiger partial charge in [0.05, 0.1) is 5.69 Å². The highest BCUT2D eigenvalue weighted by molar-refractivity contribution is 14.1. The Hall–Kier alpha value is -1.52. The third kappa shape index (κ3) is 2.98. The summed E-state index contributed by atoms with van der Waals surface area (Å²) >= 11 is 5.41. The van der Waals surface area contributed by atoms with Crippen LogP contribution in [0.25, 0.3) is 16.9 Å². The van der Waals surface area contributed by atoms with Crippen molar-refractivity contribution in [2.45, 2.75) is 13.0 Å². The standard InChI is InChI=1S/C15H11BrIN3O3/c1-7-12(13(21)15(22)23)14(17)20-11(18-7)6-10(19-20)8-3-2-4-9(16)5-8/h2-6,13,21H,1H3,(H,22,23). The Bertz CT molecular complexity index is 926. The molecule has 0 radical (unpaired) electrons. The van der Waals surface area contributed by atoms with Crippen molar-refractivity contribution < 1.29 is 15.0 Å². The first kappa shape index (κ1) is 16.3. The molecule has 3 rings (SSSR count). The zero-order valence-corrected chi connectivity index (χ0v) is 15.6. The summed E-state index contributed by atoms with van der Waals surface area (Å²) in [5.41, 5.74) is 2.96. The summed E-state index contributed by atoms with van der Waals surface area (Å²) in [5.74, 6) is -1.31. The fourth-order valence-electron chi connectivity index (χ4n) is 2.31. The van der Waals surface area contributed by atoms with E-state index in [4.69, 9.17) is 5.11 Å². The Morgan fingerprint density at radius 3 is 2.78 bits per heavy atom. The van der Waals surface area contributed by atoms with E-state index >= 15 is 0 Å². The normalized spacial score (nSPS) is 12.5. The minimum Gasteiger partial charge on any atom is -0.479 e. The average Bonchev–Trinajstić information content (AvgIpc) is 2.91. The van der Waals surface area contributed by atoms with Gasteiger partial charge in [0.15, 0.2) is 11.8 Å². The van der Waals surface area contributed by atoms with Gasteiger partial charge in [0.2, 0.25) is 0 Å². The van der Waals surface area contributed by atoms with E-state index in [-0.39, 0.29) is 5.56 Å². The zero-order chi connectivity index (χ0) is 16.7. The van der Waals surface area contributed by atoms with Gasteiger partial charge in [-0.05, 0) is 41.6 Å². The highest BCUT2D eigenvalue weighted by atomic mass is 127. The van der Waals surface area contributed by atoms with Crippen LogP contribution < -0.4 is 0 Å². The van der Waals surface area contributed by atoms with Crippen LogP contribution in [0.4, 0.5) is 0 Å². The number of aliphatic hydroxyl groups is 1. The highest BCUT2D eigenvalue weighted by Gasteiger charge is 2.24. The van der Waals surface area contributed by atoms with Crippen LogP contribution in [0, 0.1) is 10.6 Å². The smallest absolute Gasteiger partial charge is 0.337 e. The van der Waals surface area contributed by atoms with Gasteiger partial charge in [-0.15, -0.1) is 0 Å². The number of aliphatic carboxylic acids is 1. The number of halogens is 2. The van der Waals surface area contributed by atoms with Crippen molar-refractivity contribution >= 4 is 50.1 Å². The summed E-state index contributed by atoms with van der Waals surface area (Å²) in [6.07, 6.45) is -1.63. The summed E-state index contributed by atoms with van der Waals surface area (Å²) in [5, 5.41) is 23.4. The SMILES string of the molecule is Cc1nc2cc(-c3cccc(Br)c3)nn2c(I)c1C(O)C(=O)O. The monoisotopic (exact) mass is 487 g/mol. The predicted octanol–water partition coefficient (Wildman–Crippen LogP) is 3.19. The van der Waals surface area contributed by atoms with E-state index in [1.807, 2.05) is 52.9 Å². The number of aromatic nitrogens is 3. The molecule has 0 amide bonds. The third-order valence-corrected chi connectivity index (χ3v) is 4.93. The van der Waals surface area contributed by atoms with Crippen LogP contribution in [0.1, 0.15) is 17.4 Å². The molecule has 0 bridgehead atoms. The van der Waals surface area contributed by atoms with E-state index in [0.717, 1.165) is 15.7 Å². The maximum atomic E-state index is 11.1. The van der Waals surface area contributed by atoms with Crippen molar-refractivity contribution in [2.75, 3.05) is 0 Å². The number of benzene rings is 1. The molecule has 2 heterocycles. The second-order valence-electron chi connectivity index (χ2n) is 4.95. The quantitative estimate of drug-likeness (QED) is 0.437. The van der Waals surface area contributed by atoms with Crippen LogP contribution in [0.2, 0.25) is 0 Å². The van der Waals surface area contributed by atoms with Crippen LogP contribution in [0.3, 0.4) is 0 Å². The molecule has 1 unspecified atom stereocenters. The maximum Gasteiger partial charge on any atom is 0.337 e. The second-order valence-corrected chi connectivity index (χ2v) is 6.89. The number of hydrogen-bond donors (Lipinski definition) is 2. The van der Waals surface area contributed by atoms with Crippen molar-refractivity contribution in [2.24, 2.45) is 0 Å². The lowest BCUT2D eigenvalue weighted by Gasteiger charge is -2.12. The van der Waals surface area contributed by atoms with Gasteiger partial charge in [-0.2, -0.15) is 5.10 Å². The predicted molar refractivity (Wildman–Crippen MR) is 96.2 cm³/mol. The Balaban J connectivity index is 2.21. The third-order valence-electron chi connectivity index (χ3n) is 3.40. The first-order valence-corrected chi connectivity index (χ1v) is 8.48. The Kier molecular flexibility index (Phi) is 4.39. The molecule has 2 N–H and O–H groups in total. The number of nitrogens with zero attached hydrogens (tertiary/aromatic N) is 3. The van der Waals surface area contributed by atoms with Gasteiger partial charge < -0.3 is 10.2 Å². The van der Waals surface area contributed by atoms with Crippen LogP contribution >= 0.6 is 38.5 Å². The fraction of sp³-hybridized carbons (Fsp3) is 0.133. The lowest BCUT2D eigenvalue weighted by molar-refractivity contribution is -0.147. The minimum atomic E-state index is -1.63. The van der Waals surface area contributed by atoms with E-state index < -0.39 is 12.1 Å². The van der Waals surface area contributed by atoms with Gasteiger partial charge in [-0.25, -0.2) is 14.3 Å². The van der Waals surface area contributed by atoms with Gasteiger partial charge in [-0.1, -0.05) is 28.1 Å². The summed E-state index contributed by atoms with van der Waals surface area (Å²) in [6.45, 7) is 1.68. The highest BCUT2D eigenvalue weighted by Crippen LogP contribution is 2.27. The summed E-state index contributed by atoms with van der Waals surface area (Å²) in [4.78, 5) is 15.5. The zero-order valence-electron chi connectivity index (χ0n) is 11.9. The molecule has 1 atom stereocenters. The molecular formula is C15H11BrIN3O3. The molecule has 0 aliphatic heterocycles. The molecule has 8 heteroatoms. The van der Waals surface area contributed by atoms with E-state index in [1.165, 1.54) is 0 Å². The lowest BCUT2D eigenvalue weighted by Crippen LogP contribution is -2.17. The molecule has 0 aliphatic rings. The van der Waals surface area contributed by atoms with Crippen LogP contribution in [0.5, 0.6) is 0 Å². The molecule has 0 aliphatic carbocycles. The number of carboxylic acid groups (broad SMARTS) is 1. The summed E-state index contributed by atoms with van der Waals surface area (Å²) in [6, 6.07) is 9.53. The molecule has 1 aromatic carbocycles. The number of carboxylic acids is 1. The molecular weight excluding hydrogens is 477 g/mol. The first-order chi connectivity index (χ1) is 10.9. The largest absolute Gasteiger partial charge is 0.479 e. The molecule has 23 heavy (non-hydrogen) atoms. The number of carbonyl (C=O) groups is 1.